The molecule has 0 unspecified atom stereocenters. The molecule has 1 aromatic heterocycles. The number of nitro benzene ring substituents is 1. The molecule has 0 atom stereocenters. The second-order valence-corrected chi connectivity index (χ2v) is 6.03. The van der Waals surface area contributed by atoms with Gasteiger partial charge in [0.05, 0.1) is 17.0 Å². The SMILES string of the molecule is CNc1c(C(=O)NCc2cc(Br)cs2)cccc1[N+](=O)[O-]. The lowest BCUT2D eigenvalue weighted by atomic mass is 10.1. The fourth-order valence-corrected chi connectivity index (χ4v) is 3.24. The number of para-hydroxylation sites is 1. The van der Waals surface area contributed by atoms with Gasteiger partial charge in [0.15, 0.2) is 0 Å². The second kappa shape index (κ2) is 6.68. The minimum atomic E-state index is -0.515. The summed E-state index contributed by atoms with van der Waals surface area (Å²) in [4.78, 5) is 23.6. The van der Waals surface area contributed by atoms with Crippen LogP contribution in [-0.2, 0) is 6.54 Å². The molecule has 110 valence electrons. The molecule has 0 radical (unpaired) electrons. The van der Waals surface area contributed by atoms with E-state index < -0.39 is 4.92 Å². The van der Waals surface area contributed by atoms with E-state index in [9.17, 15) is 14.9 Å². The van der Waals surface area contributed by atoms with Crippen molar-refractivity contribution in [2.75, 3.05) is 12.4 Å². The highest BCUT2D eigenvalue weighted by Crippen LogP contribution is 2.28. The molecule has 8 heteroatoms. The minimum Gasteiger partial charge on any atom is -0.382 e. The third-order valence-corrected chi connectivity index (χ3v) is 4.48. The standard InChI is InChI=1S/C13H12BrN3O3S/c1-15-12-10(3-2-4-11(12)17(19)20)13(18)16-6-9-5-8(14)7-21-9/h2-5,7,15H,6H2,1H3,(H,16,18). The van der Waals surface area contributed by atoms with E-state index in [0.717, 1.165) is 9.35 Å². The van der Waals surface area contributed by atoms with Crippen molar-refractivity contribution in [3.8, 4) is 0 Å². The highest BCUT2D eigenvalue weighted by atomic mass is 79.9. The molecule has 2 rings (SSSR count). The van der Waals surface area contributed by atoms with Crippen LogP contribution in [0.2, 0.25) is 0 Å². The van der Waals surface area contributed by atoms with Gasteiger partial charge in [-0.2, -0.15) is 0 Å². The summed E-state index contributed by atoms with van der Waals surface area (Å²) in [5.41, 5.74) is 0.346. The molecule has 1 aromatic carbocycles. The predicted molar refractivity (Wildman–Crippen MR) is 85.8 cm³/mol. The fourth-order valence-electron chi connectivity index (χ4n) is 1.85. The Morgan fingerprint density at radius 1 is 1.48 bits per heavy atom. The number of amides is 1. The molecule has 0 aliphatic rings. The van der Waals surface area contributed by atoms with Crippen molar-refractivity contribution in [1.82, 2.24) is 5.32 Å². The van der Waals surface area contributed by atoms with E-state index in [4.69, 9.17) is 0 Å². The summed E-state index contributed by atoms with van der Waals surface area (Å²) in [7, 11) is 1.55. The first-order chi connectivity index (χ1) is 10.0. The number of thiophene rings is 1. The van der Waals surface area contributed by atoms with Crippen molar-refractivity contribution in [2.24, 2.45) is 0 Å². The molecule has 0 aliphatic carbocycles. The zero-order valence-electron chi connectivity index (χ0n) is 11.1. The van der Waals surface area contributed by atoms with Crippen molar-refractivity contribution in [3.63, 3.8) is 0 Å². The lowest BCUT2D eigenvalue weighted by Gasteiger charge is -2.09. The van der Waals surface area contributed by atoms with Crippen molar-refractivity contribution in [3.05, 3.63) is 54.7 Å². The van der Waals surface area contributed by atoms with Gasteiger partial charge in [-0.05, 0) is 28.1 Å². The zero-order valence-corrected chi connectivity index (χ0v) is 13.5. The Bertz CT molecular complexity index is 687. The molecular formula is C13H12BrN3O3S. The average Bonchev–Trinajstić information content (AvgIpc) is 2.89. The average molecular weight is 370 g/mol. The fraction of sp³-hybridized carbons (Fsp3) is 0.154. The number of carbonyl (C=O) groups excluding carboxylic acids is 1. The van der Waals surface area contributed by atoms with Crippen molar-refractivity contribution in [2.45, 2.75) is 6.54 Å². The number of nitro groups is 1. The lowest BCUT2D eigenvalue weighted by molar-refractivity contribution is -0.384. The topological polar surface area (TPSA) is 84.3 Å². The number of anilines is 1. The van der Waals surface area contributed by atoms with Gasteiger partial charge in [-0.15, -0.1) is 11.3 Å². The van der Waals surface area contributed by atoms with Crippen LogP contribution in [0.3, 0.4) is 0 Å². The Balaban J connectivity index is 2.19. The molecule has 1 amide bonds. The Morgan fingerprint density at radius 3 is 2.81 bits per heavy atom. The van der Waals surface area contributed by atoms with Gasteiger partial charge in [-0.25, -0.2) is 0 Å². The molecule has 0 bridgehead atoms. The van der Waals surface area contributed by atoms with Gasteiger partial charge >= 0.3 is 0 Å². The zero-order chi connectivity index (χ0) is 15.4. The first-order valence-electron chi connectivity index (χ1n) is 5.99. The summed E-state index contributed by atoms with van der Waals surface area (Å²) >= 11 is 4.86. The maximum absolute atomic E-state index is 12.2. The number of nitrogens with zero attached hydrogens (tertiary/aromatic N) is 1. The quantitative estimate of drug-likeness (QED) is 0.624. The number of hydrogen-bond donors (Lipinski definition) is 2. The smallest absolute Gasteiger partial charge is 0.293 e. The monoisotopic (exact) mass is 369 g/mol. The van der Waals surface area contributed by atoms with Gasteiger partial charge in [-0.3, -0.25) is 14.9 Å². The van der Waals surface area contributed by atoms with E-state index >= 15 is 0 Å². The number of benzene rings is 1. The summed E-state index contributed by atoms with van der Waals surface area (Å²) < 4.78 is 0.961. The summed E-state index contributed by atoms with van der Waals surface area (Å²) in [6.45, 7) is 0.376. The number of rotatable bonds is 5. The molecular weight excluding hydrogens is 358 g/mol. The highest BCUT2D eigenvalue weighted by Gasteiger charge is 2.20. The van der Waals surface area contributed by atoms with Gasteiger partial charge in [-0.1, -0.05) is 6.07 Å². The van der Waals surface area contributed by atoms with Crippen LogP contribution < -0.4 is 10.6 Å². The molecule has 0 saturated carbocycles. The van der Waals surface area contributed by atoms with Crippen LogP contribution in [0.15, 0.2) is 34.1 Å². The third kappa shape index (κ3) is 3.59. The van der Waals surface area contributed by atoms with E-state index in [1.54, 1.807) is 13.1 Å². The van der Waals surface area contributed by atoms with Gasteiger partial charge in [0.2, 0.25) is 0 Å². The molecule has 0 spiro atoms. The summed E-state index contributed by atoms with van der Waals surface area (Å²) in [6, 6.07) is 6.32. The second-order valence-electron chi connectivity index (χ2n) is 4.12. The molecule has 6 nitrogen and oxygen atoms in total. The van der Waals surface area contributed by atoms with E-state index in [2.05, 4.69) is 26.6 Å². The number of nitrogens with one attached hydrogen (secondary N) is 2. The minimum absolute atomic E-state index is 0.121. The summed E-state index contributed by atoms with van der Waals surface area (Å²) in [5.74, 6) is -0.354. The van der Waals surface area contributed by atoms with Gasteiger partial charge in [0.25, 0.3) is 11.6 Å². The van der Waals surface area contributed by atoms with Crippen LogP contribution in [0.4, 0.5) is 11.4 Å². The normalized spacial score (nSPS) is 10.2. The van der Waals surface area contributed by atoms with Crippen LogP contribution in [-0.4, -0.2) is 17.9 Å². The largest absolute Gasteiger partial charge is 0.382 e. The first kappa shape index (κ1) is 15.5. The van der Waals surface area contributed by atoms with E-state index in [0.29, 0.717) is 6.54 Å². The summed E-state index contributed by atoms with van der Waals surface area (Å²) in [5, 5.41) is 18.4. The van der Waals surface area contributed by atoms with Gasteiger partial charge < -0.3 is 10.6 Å². The molecule has 1 heterocycles. The third-order valence-electron chi connectivity index (χ3n) is 2.78. The highest BCUT2D eigenvalue weighted by molar-refractivity contribution is 9.10. The molecule has 2 N–H and O–H groups in total. The maximum Gasteiger partial charge on any atom is 0.293 e. The Morgan fingerprint density at radius 2 is 2.24 bits per heavy atom. The van der Waals surface area contributed by atoms with Crippen LogP contribution in [0.5, 0.6) is 0 Å². The van der Waals surface area contributed by atoms with Crippen LogP contribution >= 0.6 is 27.3 Å². The first-order valence-corrected chi connectivity index (χ1v) is 7.66. The summed E-state index contributed by atoms with van der Waals surface area (Å²) in [6.07, 6.45) is 0. The Kier molecular flexibility index (Phi) is 4.92. The van der Waals surface area contributed by atoms with Crippen molar-refractivity contribution >= 4 is 44.5 Å². The van der Waals surface area contributed by atoms with E-state index in [1.807, 2.05) is 11.4 Å². The molecule has 21 heavy (non-hydrogen) atoms. The van der Waals surface area contributed by atoms with Gasteiger partial charge in [0, 0.05) is 27.8 Å². The Labute approximate surface area is 133 Å². The number of hydrogen-bond acceptors (Lipinski definition) is 5. The van der Waals surface area contributed by atoms with E-state index in [1.165, 1.54) is 23.5 Å². The molecule has 0 aliphatic heterocycles. The number of carbonyl (C=O) groups is 1. The van der Waals surface area contributed by atoms with E-state index in [-0.39, 0.29) is 22.8 Å². The maximum atomic E-state index is 12.2. The lowest BCUT2D eigenvalue weighted by Crippen LogP contribution is -2.23. The van der Waals surface area contributed by atoms with Crippen LogP contribution in [0, 0.1) is 10.1 Å². The van der Waals surface area contributed by atoms with Gasteiger partial charge in [0.1, 0.15) is 5.69 Å². The van der Waals surface area contributed by atoms with Crippen molar-refractivity contribution < 1.29 is 9.72 Å². The Hall–Kier alpha value is -1.93. The van der Waals surface area contributed by atoms with Crippen molar-refractivity contribution in [1.29, 1.82) is 0 Å². The predicted octanol–water partition coefficient (Wildman–Crippen LogP) is 3.39. The molecule has 0 fully saturated rings. The molecule has 2 aromatic rings. The van der Waals surface area contributed by atoms with Crippen LogP contribution in [0.1, 0.15) is 15.2 Å². The molecule has 0 saturated heterocycles. The van der Waals surface area contributed by atoms with Crippen LogP contribution in [0.25, 0.3) is 0 Å². The number of halogens is 1.